The molecular weight excluding hydrogens is 304 g/mol. The number of hydrogen-bond donors (Lipinski definition) is 2. The van der Waals surface area contributed by atoms with Gasteiger partial charge >= 0.3 is 0 Å². The molecule has 0 saturated carbocycles. The molecule has 2 aliphatic heterocycles. The molecule has 0 spiro atoms. The summed E-state index contributed by atoms with van der Waals surface area (Å²) in [5, 5.41) is 12.7. The number of ether oxygens (including phenoxy) is 1. The average molecular weight is 339 g/mol. The van der Waals surface area contributed by atoms with Gasteiger partial charge in [0.2, 0.25) is 5.82 Å². The summed E-state index contributed by atoms with van der Waals surface area (Å²) in [5.74, 6) is 1.08. The quantitative estimate of drug-likeness (QED) is 0.631. The summed E-state index contributed by atoms with van der Waals surface area (Å²) in [7, 11) is 0. The first-order valence-corrected chi connectivity index (χ1v) is 9.87. The molecule has 7 heteroatoms. The molecule has 2 fully saturated rings. The lowest BCUT2D eigenvalue weighted by Crippen LogP contribution is -3.28. The molecule has 0 radical (unpaired) electrons. The van der Waals surface area contributed by atoms with Gasteiger partial charge in [-0.15, -0.1) is 5.10 Å². The van der Waals surface area contributed by atoms with Gasteiger partial charge in [0.15, 0.2) is 0 Å². The normalized spacial score (nSPS) is 29.0. The van der Waals surface area contributed by atoms with Crippen molar-refractivity contribution in [2.75, 3.05) is 39.3 Å². The largest absolute Gasteiger partial charge is 0.376 e. The summed E-state index contributed by atoms with van der Waals surface area (Å²) in [6.45, 7) is 12.5. The Labute approximate surface area is 145 Å². The summed E-state index contributed by atoms with van der Waals surface area (Å²) in [6.07, 6.45) is 6.22. The molecule has 7 nitrogen and oxygen atoms in total. The Hall–Kier alpha value is -1.05. The van der Waals surface area contributed by atoms with Gasteiger partial charge in [0.1, 0.15) is 32.2 Å². The third-order valence-electron chi connectivity index (χ3n) is 5.71. The van der Waals surface area contributed by atoms with Crippen molar-refractivity contribution in [3.05, 3.63) is 5.82 Å². The number of piperazine rings is 1. The molecule has 1 aromatic heterocycles. The minimum absolute atomic E-state index is 0.287. The lowest BCUT2D eigenvalue weighted by molar-refractivity contribution is -1.03. The Kier molecular flexibility index (Phi) is 6.57. The maximum Gasteiger partial charge on any atom is 0.209 e. The summed E-state index contributed by atoms with van der Waals surface area (Å²) < 4.78 is 7.82. The number of rotatable bonds is 8. The fourth-order valence-electron chi connectivity index (χ4n) is 4.12. The van der Waals surface area contributed by atoms with Gasteiger partial charge in [-0.3, -0.25) is 0 Å². The number of nitrogens with zero attached hydrogens (tertiary/aromatic N) is 4. The summed E-state index contributed by atoms with van der Waals surface area (Å²) >= 11 is 0. The van der Waals surface area contributed by atoms with Gasteiger partial charge in [0, 0.05) is 13.0 Å². The number of tetrazole rings is 1. The second-order valence-electron chi connectivity index (χ2n) is 7.31. The molecule has 0 bridgehead atoms. The SMILES string of the molecule is CCCC[C@H](c1nnnn1C[C@H]1CCCO1)[NH+]1CC[NH+](CC)CC1. The van der Waals surface area contributed by atoms with Crippen molar-refractivity contribution in [1.82, 2.24) is 20.2 Å². The van der Waals surface area contributed by atoms with Crippen molar-refractivity contribution >= 4 is 0 Å². The molecule has 0 aliphatic carbocycles. The molecule has 3 heterocycles. The predicted molar refractivity (Wildman–Crippen MR) is 91.0 cm³/mol. The van der Waals surface area contributed by atoms with E-state index in [0.29, 0.717) is 6.04 Å². The summed E-state index contributed by atoms with van der Waals surface area (Å²) in [6, 6.07) is 0.430. The fraction of sp³-hybridized carbons (Fsp3) is 0.941. The van der Waals surface area contributed by atoms with E-state index in [0.717, 1.165) is 31.8 Å². The molecule has 0 amide bonds. The first-order valence-electron chi connectivity index (χ1n) is 9.87. The minimum Gasteiger partial charge on any atom is -0.376 e. The molecule has 2 saturated heterocycles. The molecular formula is C17H34N6O+2. The number of unbranched alkanes of at least 4 members (excludes halogenated alkanes) is 1. The van der Waals surface area contributed by atoms with E-state index in [1.165, 1.54) is 52.0 Å². The van der Waals surface area contributed by atoms with Gasteiger partial charge in [-0.25, -0.2) is 4.68 Å². The van der Waals surface area contributed by atoms with Crippen LogP contribution in [-0.2, 0) is 11.3 Å². The molecule has 136 valence electrons. The summed E-state index contributed by atoms with van der Waals surface area (Å²) in [5.41, 5.74) is 0. The third kappa shape index (κ3) is 4.32. The maximum absolute atomic E-state index is 5.79. The van der Waals surface area contributed by atoms with Crippen LogP contribution in [0.3, 0.4) is 0 Å². The van der Waals surface area contributed by atoms with Crippen LogP contribution in [0.4, 0.5) is 0 Å². The van der Waals surface area contributed by atoms with Gasteiger partial charge in [-0.05, 0) is 36.6 Å². The monoisotopic (exact) mass is 338 g/mol. The highest BCUT2D eigenvalue weighted by molar-refractivity contribution is 4.88. The number of nitrogens with one attached hydrogen (secondary N) is 2. The van der Waals surface area contributed by atoms with Crippen LogP contribution in [-0.4, -0.2) is 65.6 Å². The van der Waals surface area contributed by atoms with Crippen LogP contribution < -0.4 is 9.80 Å². The predicted octanol–water partition coefficient (Wildman–Crippen LogP) is -1.11. The zero-order valence-electron chi connectivity index (χ0n) is 15.3. The molecule has 2 N–H and O–H groups in total. The van der Waals surface area contributed by atoms with Gasteiger partial charge in [-0.2, -0.15) is 0 Å². The van der Waals surface area contributed by atoms with E-state index in [9.17, 15) is 0 Å². The number of quaternary nitrogens is 2. The molecule has 2 atom stereocenters. The molecule has 3 rings (SSSR count). The highest BCUT2D eigenvalue weighted by Crippen LogP contribution is 2.18. The van der Waals surface area contributed by atoms with E-state index in [4.69, 9.17) is 4.74 Å². The van der Waals surface area contributed by atoms with Crippen molar-refractivity contribution in [1.29, 1.82) is 0 Å². The molecule has 1 aromatic rings. The second kappa shape index (κ2) is 8.87. The molecule has 2 aliphatic rings. The Morgan fingerprint density at radius 2 is 2.08 bits per heavy atom. The van der Waals surface area contributed by atoms with E-state index in [-0.39, 0.29) is 6.10 Å². The summed E-state index contributed by atoms with van der Waals surface area (Å²) in [4.78, 5) is 3.40. The number of hydrogen-bond acceptors (Lipinski definition) is 4. The number of likely N-dealkylation sites (N-methyl/N-ethyl adjacent to an activating group) is 1. The van der Waals surface area contributed by atoms with E-state index < -0.39 is 0 Å². The van der Waals surface area contributed by atoms with E-state index in [1.54, 1.807) is 9.80 Å². The molecule has 0 aromatic carbocycles. The van der Waals surface area contributed by atoms with Gasteiger partial charge in [0.25, 0.3) is 0 Å². The highest BCUT2D eigenvalue weighted by Gasteiger charge is 2.34. The first-order chi connectivity index (χ1) is 11.8. The lowest BCUT2D eigenvalue weighted by atomic mass is 10.1. The highest BCUT2D eigenvalue weighted by atomic mass is 16.5. The van der Waals surface area contributed by atoms with E-state index in [2.05, 4.69) is 29.4 Å². The van der Waals surface area contributed by atoms with Crippen molar-refractivity contribution in [3.8, 4) is 0 Å². The first kappa shape index (κ1) is 17.8. The van der Waals surface area contributed by atoms with Crippen LogP contribution in [0, 0.1) is 0 Å². The van der Waals surface area contributed by atoms with Crippen LogP contribution in [0.1, 0.15) is 57.8 Å². The van der Waals surface area contributed by atoms with Crippen LogP contribution in [0.25, 0.3) is 0 Å². The lowest BCUT2D eigenvalue weighted by Gasteiger charge is -2.33. The Bertz CT molecular complexity index is 479. The minimum atomic E-state index is 0.287. The van der Waals surface area contributed by atoms with E-state index in [1.807, 2.05) is 4.68 Å². The van der Waals surface area contributed by atoms with Crippen molar-refractivity contribution in [3.63, 3.8) is 0 Å². The molecule has 0 unspecified atom stereocenters. The topological polar surface area (TPSA) is 61.7 Å². The van der Waals surface area contributed by atoms with Gasteiger partial charge in [0.05, 0.1) is 19.2 Å². The fourth-order valence-corrected chi connectivity index (χ4v) is 4.12. The van der Waals surface area contributed by atoms with E-state index >= 15 is 0 Å². The smallest absolute Gasteiger partial charge is 0.209 e. The Morgan fingerprint density at radius 1 is 1.25 bits per heavy atom. The zero-order valence-corrected chi connectivity index (χ0v) is 15.3. The van der Waals surface area contributed by atoms with Crippen molar-refractivity contribution < 1.29 is 14.5 Å². The zero-order chi connectivity index (χ0) is 16.8. The van der Waals surface area contributed by atoms with Crippen molar-refractivity contribution in [2.24, 2.45) is 0 Å². The molecule has 24 heavy (non-hydrogen) atoms. The van der Waals surface area contributed by atoms with Crippen LogP contribution in [0.2, 0.25) is 0 Å². The average Bonchev–Trinajstić information content (AvgIpc) is 3.29. The van der Waals surface area contributed by atoms with Crippen molar-refractivity contribution in [2.45, 2.75) is 64.6 Å². The second-order valence-corrected chi connectivity index (χ2v) is 7.31. The van der Waals surface area contributed by atoms with Gasteiger partial charge < -0.3 is 14.5 Å². The van der Waals surface area contributed by atoms with Crippen LogP contribution in [0.15, 0.2) is 0 Å². The maximum atomic E-state index is 5.79. The third-order valence-corrected chi connectivity index (χ3v) is 5.71. The Balaban J connectivity index is 1.70. The van der Waals surface area contributed by atoms with Crippen LogP contribution >= 0.6 is 0 Å². The van der Waals surface area contributed by atoms with Crippen LogP contribution in [0.5, 0.6) is 0 Å². The Morgan fingerprint density at radius 3 is 2.75 bits per heavy atom. The standard InChI is InChI=1S/C17H32N6O/c1-3-5-8-16(22-11-9-21(4-2)10-12-22)17-18-19-20-23(17)14-15-7-6-13-24-15/h15-16H,3-14H2,1-2H3/p+2/t15-,16-/m1/s1. The number of aromatic nitrogens is 4. The van der Waals surface area contributed by atoms with Gasteiger partial charge in [-0.1, -0.05) is 13.3 Å².